The second kappa shape index (κ2) is 5.66. The summed E-state index contributed by atoms with van der Waals surface area (Å²) in [5.41, 5.74) is 7.89. The van der Waals surface area contributed by atoms with E-state index in [0.29, 0.717) is 18.7 Å². The van der Waals surface area contributed by atoms with Gasteiger partial charge in [0.2, 0.25) is 0 Å². The number of carbonyl (C=O) groups excluding carboxylic acids is 1. The first-order valence-corrected chi connectivity index (χ1v) is 5.44. The van der Waals surface area contributed by atoms with Gasteiger partial charge in [-0.2, -0.15) is 0 Å². The molecule has 1 aromatic carbocycles. The van der Waals surface area contributed by atoms with Gasteiger partial charge in [0.25, 0.3) is 0 Å². The minimum absolute atomic E-state index is 0.141. The van der Waals surface area contributed by atoms with Crippen LogP contribution in [0.1, 0.15) is 31.4 Å². The Hall–Kier alpha value is -1.15. The van der Waals surface area contributed by atoms with Crippen molar-refractivity contribution in [1.29, 1.82) is 0 Å². The summed E-state index contributed by atoms with van der Waals surface area (Å²) in [5, 5.41) is 0. The maximum atomic E-state index is 11.4. The van der Waals surface area contributed by atoms with Gasteiger partial charge in [0.15, 0.2) is 0 Å². The predicted molar refractivity (Wildman–Crippen MR) is 62.5 cm³/mol. The number of ketones is 1. The van der Waals surface area contributed by atoms with E-state index in [9.17, 15) is 4.79 Å². The molecule has 0 saturated carbocycles. The van der Waals surface area contributed by atoms with Crippen LogP contribution in [-0.2, 0) is 17.8 Å². The van der Waals surface area contributed by atoms with E-state index in [2.05, 4.69) is 6.07 Å². The molecule has 2 N–H and O–H groups in total. The van der Waals surface area contributed by atoms with E-state index in [1.165, 1.54) is 5.56 Å². The van der Waals surface area contributed by atoms with Crippen LogP contribution in [0.5, 0.6) is 0 Å². The highest BCUT2D eigenvalue weighted by Crippen LogP contribution is 2.09. The molecular weight excluding hydrogens is 186 g/mol. The van der Waals surface area contributed by atoms with Gasteiger partial charge in [0.1, 0.15) is 5.78 Å². The lowest BCUT2D eigenvalue weighted by Crippen LogP contribution is -2.08. The molecular formula is C13H19NO. The first-order valence-electron chi connectivity index (χ1n) is 5.44. The highest BCUT2D eigenvalue weighted by atomic mass is 16.1. The van der Waals surface area contributed by atoms with Crippen molar-refractivity contribution in [3.63, 3.8) is 0 Å². The van der Waals surface area contributed by atoms with Gasteiger partial charge in [0, 0.05) is 18.9 Å². The molecule has 2 heteroatoms. The summed E-state index contributed by atoms with van der Waals surface area (Å²) in [5.74, 6) is 0.468. The van der Waals surface area contributed by atoms with Gasteiger partial charge < -0.3 is 5.73 Å². The lowest BCUT2D eigenvalue weighted by atomic mass is 10.00. The number of hydrogen-bond donors (Lipinski definition) is 1. The molecule has 0 unspecified atom stereocenters. The smallest absolute Gasteiger partial charge is 0.135 e. The Morgan fingerprint density at radius 1 is 1.33 bits per heavy atom. The summed E-state index contributed by atoms with van der Waals surface area (Å²) in [6, 6.07) is 8.13. The Morgan fingerprint density at radius 2 is 2.00 bits per heavy atom. The quantitative estimate of drug-likeness (QED) is 0.801. The molecule has 0 fully saturated rings. The zero-order valence-corrected chi connectivity index (χ0v) is 9.49. The second-order valence-electron chi connectivity index (χ2n) is 4.15. The zero-order valence-electron chi connectivity index (χ0n) is 9.49. The summed E-state index contributed by atoms with van der Waals surface area (Å²) < 4.78 is 0. The van der Waals surface area contributed by atoms with E-state index < -0.39 is 0 Å². The third-order valence-electron chi connectivity index (χ3n) is 2.53. The molecule has 0 aliphatic rings. The van der Waals surface area contributed by atoms with Crippen LogP contribution in [0.15, 0.2) is 24.3 Å². The lowest BCUT2D eigenvalue weighted by molar-refractivity contribution is -0.121. The van der Waals surface area contributed by atoms with E-state index in [4.69, 9.17) is 5.73 Å². The van der Waals surface area contributed by atoms with Crippen molar-refractivity contribution in [1.82, 2.24) is 0 Å². The van der Waals surface area contributed by atoms with Crippen LogP contribution in [-0.4, -0.2) is 5.78 Å². The molecule has 82 valence electrons. The Morgan fingerprint density at radius 3 is 2.60 bits per heavy atom. The van der Waals surface area contributed by atoms with Crippen molar-refractivity contribution in [2.45, 2.75) is 33.2 Å². The molecule has 0 amide bonds. The highest BCUT2D eigenvalue weighted by Gasteiger charge is 2.06. The van der Waals surface area contributed by atoms with Crippen LogP contribution in [0.25, 0.3) is 0 Å². The summed E-state index contributed by atoms with van der Waals surface area (Å²) in [4.78, 5) is 11.4. The number of Topliss-reactive ketones (excluding diaryl/α,β-unsaturated/α-hetero) is 1. The van der Waals surface area contributed by atoms with E-state index in [-0.39, 0.29) is 5.92 Å². The van der Waals surface area contributed by atoms with Crippen molar-refractivity contribution in [2.75, 3.05) is 0 Å². The van der Waals surface area contributed by atoms with Crippen molar-refractivity contribution < 1.29 is 4.79 Å². The third-order valence-corrected chi connectivity index (χ3v) is 2.53. The van der Waals surface area contributed by atoms with Crippen LogP contribution in [0, 0.1) is 5.92 Å². The highest BCUT2D eigenvalue weighted by molar-refractivity contribution is 5.80. The average Bonchev–Trinajstić information content (AvgIpc) is 2.26. The fraction of sp³-hybridized carbons (Fsp3) is 0.462. The van der Waals surface area contributed by atoms with Crippen LogP contribution in [0.2, 0.25) is 0 Å². The van der Waals surface area contributed by atoms with E-state index in [1.54, 1.807) is 0 Å². The molecule has 0 bridgehead atoms. The van der Waals surface area contributed by atoms with Gasteiger partial charge >= 0.3 is 0 Å². The number of hydrogen-bond acceptors (Lipinski definition) is 2. The summed E-state index contributed by atoms with van der Waals surface area (Å²) in [7, 11) is 0. The molecule has 0 radical (unpaired) electrons. The molecule has 2 nitrogen and oxygen atoms in total. The molecule has 15 heavy (non-hydrogen) atoms. The van der Waals surface area contributed by atoms with E-state index in [0.717, 1.165) is 12.0 Å². The number of carbonyl (C=O) groups is 1. The molecule has 0 aliphatic carbocycles. The van der Waals surface area contributed by atoms with Crippen LogP contribution < -0.4 is 5.73 Å². The Balaban J connectivity index is 2.54. The molecule has 0 atom stereocenters. The van der Waals surface area contributed by atoms with Gasteiger partial charge in [0.05, 0.1) is 0 Å². The maximum Gasteiger partial charge on any atom is 0.135 e. The fourth-order valence-corrected chi connectivity index (χ4v) is 1.47. The standard InChI is InChI=1S/C13H19NO/c1-10(2)13(15)7-6-11-4-3-5-12(8-11)9-14/h3-5,8,10H,6-7,9,14H2,1-2H3. The van der Waals surface area contributed by atoms with Gasteiger partial charge in [-0.3, -0.25) is 4.79 Å². The zero-order chi connectivity index (χ0) is 11.3. The molecule has 0 heterocycles. The van der Waals surface area contributed by atoms with Gasteiger partial charge in [-0.15, -0.1) is 0 Å². The Labute approximate surface area is 91.5 Å². The number of aryl methyl sites for hydroxylation is 1. The van der Waals surface area contributed by atoms with Crippen molar-refractivity contribution in [2.24, 2.45) is 11.7 Å². The Bertz CT molecular complexity index is 331. The van der Waals surface area contributed by atoms with E-state index >= 15 is 0 Å². The summed E-state index contributed by atoms with van der Waals surface area (Å²) >= 11 is 0. The average molecular weight is 205 g/mol. The SMILES string of the molecule is CC(C)C(=O)CCc1cccc(CN)c1. The van der Waals surface area contributed by atoms with Gasteiger partial charge in [-0.1, -0.05) is 38.1 Å². The van der Waals surface area contributed by atoms with Gasteiger partial charge in [-0.05, 0) is 17.5 Å². The fourth-order valence-electron chi connectivity index (χ4n) is 1.47. The van der Waals surface area contributed by atoms with E-state index in [1.807, 2.05) is 32.0 Å². The molecule has 0 saturated heterocycles. The predicted octanol–water partition coefficient (Wildman–Crippen LogP) is 2.30. The Kier molecular flexibility index (Phi) is 4.50. The van der Waals surface area contributed by atoms with Crippen LogP contribution >= 0.6 is 0 Å². The largest absolute Gasteiger partial charge is 0.326 e. The maximum absolute atomic E-state index is 11.4. The molecule has 1 aromatic rings. The first kappa shape index (κ1) is 11.9. The molecule has 0 aromatic heterocycles. The van der Waals surface area contributed by atoms with Gasteiger partial charge in [-0.25, -0.2) is 0 Å². The third kappa shape index (κ3) is 3.84. The minimum atomic E-state index is 0.141. The molecule has 1 rings (SSSR count). The lowest BCUT2D eigenvalue weighted by Gasteiger charge is -2.05. The number of nitrogens with two attached hydrogens (primary N) is 1. The first-order chi connectivity index (χ1) is 7.13. The monoisotopic (exact) mass is 205 g/mol. The van der Waals surface area contributed by atoms with Crippen LogP contribution in [0.3, 0.4) is 0 Å². The minimum Gasteiger partial charge on any atom is -0.326 e. The van der Waals surface area contributed by atoms with Crippen molar-refractivity contribution in [3.8, 4) is 0 Å². The number of benzene rings is 1. The second-order valence-corrected chi connectivity index (χ2v) is 4.15. The van der Waals surface area contributed by atoms with Crippen molar-refractivity contribution >= 4 is 5.78 Å². The summed E-state index contributed by atoms with van der Waals surface area (Å²) in [6.45, 7) is 4.45. The van der Waals surface area contributed by atoms with Crippen LogP contribution in [0.4, 0.5) is 0 Å². The topological polar surface area (TPSA) is 43.1 Å². The molecule has 0 spiro atoms. The summed E-state index contributed by atoms with van der Waals surface area (Å²) in [6.07, 6.45) is 1.45. The number of rotatable bonds is 5. The molecule has 0 aliphatic heterocycles. The van der Waals surface area contributed by atoms with Crippen molar-refractivity contribution in [3.05, 3.63) is 35.4 Å². The normalized spacial score (nSPS) is 10.7.